The molecule has 1 saturated heterocycles. The van der Waals surface area contributed by atoms with Crippen molar-refractivity contribution in [1.29, 1.82) is 0 Å². The summed E-state index contributed by atoms with van der Waals surface area (Å²) in [5, 5.41) is 6.34. The van der Waals surface area contributed by atoms with E-state index in [1.807, 2.05) is 17.5 Å². The molecule has 1 unspecified atom stereocenters. The summed E-state index contributed by atoms with van der Waals surface area (Å²) < 4.78 is 15.2. The minimum atomic E-state index is -0.369. The van der Waals surface area contributed by atoms with Gasteiger partial charge in [0.2, 0.25) is 5.82 Å². The Kier molecular flexibility index (Phi) is 4.53. The van der Waals surface area contributed by atoms with E-state index in [1.165, 1.54) is 28.2 Å². The number of rotatable bonds is 4. The fourth-order valence-electron chi connectivity index (χ4n) is 3.26. The first-order valence-corrected chi connectivity index (χ1v) is 9.63. The highest BCUT2D eigenvalue weighted by Gasteiger charge is 2.36. The maximum Gasteiger partial charge on any atom is 0.293 e. The highest BCUT2D eigenvalue weighted by Crippen LogP contribution is 2.30. The van der Waals surface area contributed by atoms with Crippen LogP contribution in [0.15, 0.2) is 41.8 Å². The lowest BCUT2D eigenvalue weighted by Gasteiger charge is -2.21. The third-order valence-electron chi connectivity index (χ3n) is 4.93. The van der Waals surface area contributed by atoms with E-state index in [0.29, 0.717) is 31.1 Å². The van der Waals surface area contributed by atoms with E-state index >= 15 is 0 Å². The van der Waals surface area contributed by atoms with Gasteiger partial charge in [0.15, 0.2) is 5.82 Å². The molecule has 140 valence electrons. The van der Waals surface area contributed by atoms with Crippen molar-refractivity contribution in [2.75, 3.05) is 19.6 Å². The number of nitrogens with two attached hydrogens (primary N) is 1. The van der Waals surface area contributed by atoms with Crippen molar-refractivity contribution in [2.45, 2.75) is 13.3 Å². The predicted octanol–water partition coefficient (Wildman–Crippen LogP) is 2.95. The van der Waals surface area contributed by atoms with E-state index in [0.717, 1.165) is 11.3 Å². The lowest BCUT2D eigenvalue weighted by molar-refractivity contribution is 0.0765. The SMILES string of the molecule is CC1(CN)CCN(C(=O)c2nc(-c3cccs3)n(-c3cccc(F)c3)n2)C1. The molecule has 8 heteroatoms. The van der Waals surface area contributed by atoms with Crippen molar-refractivity contribution in [1.82, 2.24) is 19.7 Å². The molecule has 0 radical (unpaired) electrons. The zero-order valence-corrected chi connectivity index (χ0v) is 15.7. The van der Waals surface area contributed by atoms with E-state index in [-0.39, 0.29) is 23.0 Å². The molecule has 1 aromatic carbocycles. The molecule has 1 aliphatic rings. The van der Waals surface area contributed by atoms with Crippen LogP contribution in [0.1, 0.15) is 24.0 Å². The Hall–Kier alpha value is -2.58. The van der Waals surface area contributed by atoms with Crippen LogP contribution in [-0.4, -0.2) is 45.2 Å². The Morgan fingerprint density at radius 1 is 1.37 bits per heavy atom. The summed E-state index contributed by atoms with van der Waals surface area (Å²) in [5.41, 5.74) is 6.30. The summed E-state index contributed by atoms with van der Waals surface area (Å²) in [6, 6.07) is 9.90. The summed E-state index contributed by atoms with van der Waals surface area (Å²) in [7, 11) is 0. The van der Waals surface area contributed by atoms with Gasteiger partial charge in [-0.15, -0.1) is 16.4 Å². The number of halogens is 1. The number of carbonyl (C=O) groups excluding carboxylic acids is 1. The monoisotopic (exact) mass is 385 g/mol. The molecule has 6 nitrogen and oxygen atoms in total. The number of hydrogen-bond donors (Lipinski definition) is 1. The van der Waals surface area contributed by atoms with Gasteiger partial charge in [-0.25, -0.2) is 14.1 Å². The molecule has 3 heterocycles. The second-order valence-corrected chi connectivity index (χ2v) is 8.07. The van der Waals surface area contributed by atoms with Crippen LogP contribution in [0.2, 0.25) is 0 Å². The minimum Gasteiger partial charge on any atom is -0.335 e. The van der Waals surface area contributed by atoms with Crippen LogP contribution >= 0.6 is 11.3 Å². The molecular formula is C19H20FN5OS. The first kappa shape index (κ1) is 17.8. The number of carbonyl (C=O) groups is 1. The minimum absolute atomic E-state index is 0.0721. The van der Waals surface area contributed by atoms with Crippen LogP contribution in [0.4, 0.5) is 4.39 Å². The van der Waals surface area contributed by atoms with E-state index < -0.39 is 0 Å². The Morgan fingerprint density at radius 3 is 2.89 bits per heavy atom. The summed E-state index contributed by atoms with van der Waals surface area (Å²) >= 11 is 1.49. The second kappa shape index (κ2) is 6.86. The van der Waals surface area contributed by atoms with E-state index in [2.05, 4.69) is 17.0 Å². The Morgan fingerprint density at radius 2 is 2.22 bits per heavy atom. The average Bonchev–Trinajstić information content (AvgIpc) is 3.40. The zero-order valence-electron chi connectivity index (χ0n) is 14.9. The van der Waals surface area contributed by atoms with Crippen LogP contribution in [0, 0.1) is 11.2 Å². The molecule has 27 heavy (non-hydrogen) atoms. The van der Waals surface area contributed by atoms with Crippen molar-refractivity contribution >= 4 is 17.2 Å². The average molecular weight is 385 g/mol. The van der Waals surface area contributed by atoms with Gasteiger partial charge in [0, 0.05) is 13.1 Å². The molecule has 1 amide bonds. The zero-order chi connectivity index (χ0) is 19.0. The lowest BCUT2D eigenvalue weighted by Crippen LogP contribution is -2.35. The fraction of sp³-hybridized carbons (Fsp3) is 0.316. The number of amides is 1. The molecule has 0 spiro atoms. The number of nitrogens with zero attached hydrogens (tertiary/aromatic N) is 4. The Bertz CT molecular complexity index is 970. The van der Waals surface area contributed by atoms with Gasteiger partial charge in [-0.1, -0.05) is 19.1 Å². The van der Waals surface area contributed by atoms with Gasteiger partial charge in [-0.2, -0.15) is 0 Å². The first-order valence-electron chi connectivity index (χ1n) is 8.75. The van der Waals surface area contributed by atoms with Crippen molar-refractivity contribution in [3.05, 3.63) is 53.4 Å². The summed E-state index contributed by atoms with van der Waals surface area (Å²) in [5.74, 6) is 0.0510. The van der Waals surface area contributed by atoms with E-state index in [4.69, 9.17) is 5.73 Å². The first-order chi connectivity index (χ1) is 13.0. The molecule has 4 rings (SSSR count). The van der Waals surface area contributed by atoms with Crippen LogP contribution in [0.25, 0.3) is 16.4 Å². The third-order valence-corrected chi connectivity index (χ3v) is 5.80. The van der Waals surface area contributed by atoms with Crippen molar-refractivity contribution < 1.29 is 9.18 Å². The van der Waals surface area contributed by atoms with Gasteiger partial charge in [0.05, 0.1) is 10.6 Å². The van der Waals surface area contributed by atoms with E-state index in [1.54, 1.807) is 17.0 Å². The van der Waals surface area contributed by atoms with Crippen molar-refractivity contribution in [3.8, 4) is 16.4 Å². The maximum absolute atomic E-state index is 13.7. The van der Waals surface area contributed by atoms with Crippen LogP contribution in [0.5, 0.6) is 0 Å². The molecule has 1 atom stereocenters. The molecule has 2 aromatic heterocycles. The fourth-order valence-corrected chi connectivity index (χ4v) is 3.96. The smallest absolute Gasteiger partial charge is 0.293 e. The van der Waals surface area contributed by atoms with Crippen LogP contribution in [-0.2, 0) is 0 Å². The molecule has 0 bridgehead atoms. The Labute approximate surface area is 160 Å². The number of likely N-dealkylation sites (tertiary alicyclic amines) is 1. The largest absolute Gasteiger partial charge is 0.335 e. The van der Waals surface area contributed by atoms with Gasteiger partial charge in [-0.05, 0) is 48.0 Å². The van der Waals surface area contributed by atoms with Crippen molar-refractivity contribution in [2.24, 2.45) is 11.1 Å². The summed E-state index contributed by atoms with van der Waals surface area (Å²) in [6.07, 6.45) is 0.859. The molecule has 1 fully saturated rings. The number of thiophene rings is 1. The number of aromatic nitrogens is 3. The summed E-state index contributed by atoms with van der Waals surface area (Å²) in [6.45, 7) is 3.83. The third kappa shape index (κ3) is 3.38. The van der Waals surface area contributed by atoms with Crippen LogP contribution in [0.3, 0.4) is 0 Å². The molecule has 2 N–H and O–H groups in total. The summed E-state index contributed by atoms with van der Waals surface area (Å²) in [4.78, 5) is 20.1. The van der Waals surface area contributed by atoms with E-state index in [9.17, 15) is 9.18 Å². The predicted molar refractivity (Wildman–Crippen MR) is 102 cm³/mol. The molecule has 1 aliphatic heterocycles. The quantitative estimate of drug-likeness (QED) is 0.749. The molecule has 0 aliphatic carbocycles. The topological polar surface area (TPSA) is 77.0 Å². The van der Waals surface area contributed by atoms with Crippen molar-refractivity contribution in [3.63, 3.8) is 0 Å². The van der Waals surface area contributed by atoms with Gasteiger partial charge < -0.3 is 10.6 Å². The lowest BCUT2D eigenvalue weighted by atomic mass is 9.90. The highest BCUT2D eigenvalue weighted by molar-refractivity contribution is 7.13. The standard InChI is InChI=1S/C19H20FN5OS/c1-19(11-21)7-8-24(12-19)18(26)16-22-17(15-6-3-9-27-15)25(23-16)14-5-2-4-13(20)10-14/h2-6,9-10H,7-8,11-12,21H2,1H3. The number of benzene rings is 1. The molecule has 3 aromatic rings. The van der Waals surface area contributed by atoms with Crippen LogP contribution < -0.4 is 5.73 Å². The second-order valence-electron chi connectivity index (χ2n) is 7.12. The van der Waals surface area contributed by atoms with Gasteiger partial charge >= 0.3 is 0 Å². The molecular weight excluding hydrogens is 365 g/mol. The maximum atomic E-state index is 13.7. The van der Waals surface area contributed by atoms with Gasteiger partial charge in [-0.3, -0.25) is 4.79 Å². The molecule has 0 saturated carbocycles. The highest BCUT2D eigenvalue weighted by atomic mass is 32.1. The normalized spacial score (nSPS) is 19.6. The number of hydrogen-bond acceptors (Lipinski definition) is 5. The van der Waals surface area contributed by atoms with Gasteiger partial charge in [0.1, 0.15) is 5.82 Å². The van der Waals surface area contributed by atoms with Gasteiger partial charge in [0.25, 0.3) is 5.91 Å². The Balaban J connectivity index is 1.73.